The number of aryl methyl sites for hydroxylation is 1. The molecule has 0 saturated heterocycles. The summed E-state index contributed by atoms with van der Waals surface area (Å²) in [5.41, 5.74) is 1.30. The number of nitrogens with one attached hydrogen (secondary N) is 1. The quantitative estimate of drug-likeness (QED) is 0.573. The number of aromatic nitrogens is 4. The molecular formula is C12H12N6O2S. The van der Waals surface area contributed by atoms with Crippen LogP contribution in [0.1, 0.15) is 5.01 Å². The molecule has 108 valence electrons. The van der Waals surface area contributed by atoms with Crippen molar-refractivity contribution in [1.82, 2.24) is 20.0 Å². The molecule has 0 fully saturated rings. The lowest BCUT2D eigenvalue weighted by atomic mass is 10.2. The molecule has 0 aliphatic carbocycles. The van der Waals surface area contributed by atoms with Crippen LogP contribution in [0.3, 0.4) is 0 Å². The molecule has 0 unspecified atom stereocenters. The third-order valence-corrected chi connectivity index (χ3v) is 3.87. The Morgan fingerprint density at radius 2 is 2.33 bits per heavy atom. The molecule has 9 heteroatoms. The third kappa shape index (κ3) is 2.82. The molecule has 0 amide bonds. The summed E-state index contributed by atoms with van der Waals surface area (Å²) in [5, 5.41) is 22.7. The number of fused-ring (bicyclic) bond motifs is 1. The second-order valence-electron chi connectivity index (χ2n) is 4.42. The van der Waals surface area contributed by atoms with Gasteiger partial charge in [-0.05, 0) is 13.0 Å². The first-order chi connectivity index (χ1) is 10.1. The van der Waals surface area contributed by atoms with Crippen molar-refractivity contribution in [2.45, 2.75) is 13.5 Å². The standard InChI is InChI=1S/C12H12N6O2S/c1-8-15-10-6-9(11(18(19)20)7-12(10)21-8)13-2-4-17-5-3-14-16-17/h3,5-7,13H,2,4H2,1H3. The minimum atomic E-state index is -0.383. The summed E-state index contributed by atoms with van der Waals surface area (Å²) >= 11 is 1.45. The molecule has 3 rings (SSSR count). The zero-order valence-electron chi connectivity index (χ0n) is 11.2. The number of hydrogen-bond donors (Lipinski definition) is 1. The first-order valence-corrected chi connectivity index (χ1v) is 7.08. The maximum absolute atomic E-state index is 11.2. The summed E-state index contributed by atoms with van der Waals surface area (Å²) in [6.07, 6.45) is 3.33. The van der Waals surface area contributed by atoms with E-state index in [1.54, 1.807) is 29.2 Å². The Morgan fingerprint density at radius 1 is 1.48 bits per heavy atom. The van der Waals surface area contributed by atoms with Crippen LogP contribution in [0.4, 0.5) is 11.4 Å². The minimum absolute atomic E-state index is 0.0599. The summed E-state index contributed by atoms with van der Waals surface area (Å²) < 4.78 is 2.48. The van der Waals surface area contributed by atoms with E-state index in [1.165, 1.54) is 11.3 Å². The summed E-state index contributed by atoms with van der Waals surface area (Å²) in [4.78, 5) is 15.2. The van der Waals surface area contributed by atoms with Gasteiger partial charge in [-0.3, -0.25) is 14.8 Å². The number of nitro groups is 1. The van der Waals surface area contributed by atoms with Crippen LogP contribution in [0.15, 0.2) is 24.5 Å². The zero-order chi connectivity index (χ0) is 14.8. The van der Waals surface area contributed by atoms with Crippen molar-refractivity contribution >= 4 is 32.9 Å². The van der Waals surface area contributed by atoms with E-state index >= 15 is 0 Å². The van der Waals surface area contributed by atoms with Crippen molar-refractivity contribution in [3.05, 3.63) is 39.6 Å². The molecule has 0 aliphatic rings. The second kappa shape index (κ2) is 5.44. The summed E-state index contributed by atoms with van der Waals surface area (Å²) in [6, 6.07) is 3.29. The Balaban J connectivity index is 1.84. The predicted octanol–water partition coefficient (Wildman–Crippen LogP) is 2.22. The van der Waals surface area contributed by atoms with Gasteiger partial charge in [-0.1, -0.05) is 5.21 Å². The monoisotopic (exact) mass is 304 g/mol. The fourth-order valence-electron chi connectivity index (χ4n) is 2.03. The van der Waals surface area contributed by atoms with E-state index in [0.29, 0.717) is 18.8 Å². The average Bonchev–Trinajstić information content (AvgIpc) is 3.05. The zero-order valence-corrected chi connectivity index (χ0v) is 12.0. The van der Waals surface area contributed by atoms with E-state index in [1.807, 2.05) is 6.92 Å². The summed E-state index contributed by atoms with van der Waals surface area (Å²) in [5.74, 6) is 0. The number of hydrogen-bond acceptors (Lipinski definition) is 7. The highest BCUT2D eigenvalue weighted by Crippen LogP contribution is 2.32. The lowest BCUT2D eigenvalue weighted by molar-refractivity contribution is -0.383. The van der Waals surface area contributed by atoms with Crippen LogP contribution in [0.2, 0.25) is 0 Å². The molecule has 0 aliphatic heterocycles. The van der Waals surface area contributed by atoms with Gasteiger partial charge in [-0.25, -0.2) is 4.98 Å². The molecule has 1 aromatic carbocycles. The highest BCUT2D eigenvalue weighted by atomic mass is 32.1. The number of thiazole rings is 1. The molecule has 2 aromatic heterocycles. The number of anilines is 1. The van der Waals surface area contributed by atoms with Crippen LogP contribution in [0, 0.1) is 17.0 Å². The van der Waals surface area contributed by atoms with Gasteiger partial charge < -0.3 is 5.32 Å². The van der Waals surface area contributed by atoms with E-state index in [2.05, 4.69) is 20.6 Å². The smallest absolute Gasteiger partial charge is 0.293 e. The van der Waals surface area contributed by atoms with Crippen molar-refractivity contribution < 1.29 is 4.92 Å². The van der Waals surface area contributed by atoms with Crippen molar-refractivity contribution in [1.29, 1.82) is 0 Å². The van der Waals surface area contributed by atoms with Crippen molar-refractivity contribution in [2.24, 2.45) is 0 Å². The number of rotatable bonds is 5. The van der Waals surface area contributed by atoms with Gasteiger partial charge in [0.25, 0.3) is 5.69 Å². The van der Waals surface area contributed by atoms with Gasteiger partial charge in [0.05, 0.1) is 32.9 Å². The number of benzene rings is 1. The Morgan fingerprint density at radius 3 is 3.05 bits per heavy atom. The molecule has 0 atom stereocenters. The van der Waals surface area contributed by atoms with Gasteiger partial charge >= 0.3 is 0 Å². The summed E-state index contributed by atoms with van der Waals surface area (Å²) in [6.45, 7) is 2.97. The SMILES string of the molecule is Cc1nc2cc(NCCn3ccnn3)c([N+](=O)[O-])cc2s1. The Kier molecular flexibility index (Phi) is 3.48. The van der Waals surface area contributed by atoms with Crippen LogP contribution in [0.25, 0.3) is 10.2 Å². The van der Waals surface area contributed by atoms with Crippen LogP contribution in [0.5, 0.6) is 0 Å². The van der Waals surface area contributed by atoms with E-state index in [0.717, 1.165) is 15.2 Å². The molecule has 0 saturated carbocycles. The maximum atomic E-state index is 11.2. The Hall–Kier alpha value is -2.55. The molecule has 21 heavy (non-hydrogen) atoms. The molecule has 1 N–H and O–H groups in total. The lowest BCUT2D eigenvalue weighted by Crippen LogP contribution is -2.12. The van der Waals surface area contributed by atoms with Crippen LogP contribution in [-0.2, 0) is 6.54 Å². The van der Waals surface area contributed by atoms with E-state index in [-0.39, 0.29) is 10.6 Å². The van der Waals surface area contributed by atoms with Crippen LogP contribution in [-0.4, -0.2) is 31.4 Å². The Labute approximate surface area is 123 Å². The molecule has 2 heterocycles. The first-order valence-electron chi connectivity index (χ1n) is 6.27. The second-order valence-corrected chi connectivity index (χ2v) is 5.65. The third-order valence-electron chi connectivity index (χ3n) is 2.94. The molecule has 0 spiro atoms. The fourth-order valence-corrected chi connectivity index (χ4v) is 2.87. The van der Waals surface area contributed by atoms with Gasteiger partial charge in [0.1, 0.15) is 5.69 Å². The van der Waals surface area contributed by atoms with Crippen molar-refractivity contribution in [3.63, 3.8) is 0 Å². The van der Waals surface area contributed by atoms with Crippen molar-refractivity contribution in [3.8, 4) is 0 Å². The predicted molar refractivity (Wildman–Crippen MR) is 79.5 cm³/mol. The highest BCUT2D eigenvalue weighted by Gasteiger charge is 2.16. The van der Waals surface area contributed by atoms with Gasteiger partial charge in [0.15, 0.2) is 0 Å². The summed E-state index contributed by atoms with van der Waals surface area (Å²) in [7, 11) is 0. The highest BCUT2D eigenvalue weighted by molar-refractivity contribution is 7.18. The molecule has 3 aromatic rings. The molecule has 0 bridgehead atoms. The molecule has 0 radical (unpaired) electrons. The van der Waals surface area contributed by atoms with Gasteiger partial charge in [-0.15, -0.1) is 16.4 Å². The molecular weight excluding hydrogens is 292 g/mol. The van der Waals surface area contributed by atoms with Crippen molar-refractivity contribution in [2.75, 3.05) is 11.9 Å². The van der Waals surface area contributed by atoms with Gasteiger partial charge in [0, 0.05) is 18.8 Å². The van der Waals surface area contributed by atoms with Crippen LogP contribution >= 0.6 is 11.3 Å². The fraction of sp³-hybridized carbons (Fsp3) is 0.250. The van der Waals surface area contributed by atoms with E-state index < -0.39 is 0 Å². The maximum Gasteiger partial charge on any atom is 0.293 e. The van der Waals surface area contributed by atoms with Crippen LogP contribution < -0.4 is 5.32 Å². The van der Waals surface area contributed by atoms with Gasteiger partial charge in [-0.2, -0.15) is 0 Å². The largest absolute Gasteiger partial charge is 0.378 e. The Bertz CT molecular complexity index is 783. The van der Waals surface area contributed by atoms with Gasteiger partial charge in [0.2, 0.25) is 0 Å². The average molecular weight is 304 g/mol. The lowest BCUT2D eigenvalue weighted by Gasteiger charge is -2.07. The number of nitrogens with zero attached hydrogens (tertiary/aromatic N) is 5. The topological polar surface area (TPSA) is 98.8 Å². The number of nitro benzene ring substituents is 1. The van der Waals surface area contributed by atoms with E-state index in [4.69, 9.17) is 0 Å². The normalized spacial score (nSPS) is 10.9. The molecule has 8 nitrogen and oxygen atoms in total. The van der Waals surface area contributed by atoms with E-state index in [9.17, 15) is 10.1 Å². The minimum Gasteiger partial charge on any atom is -0.378 e. The first kappa shape index (κ1) is 13.4.